The topological polar surface area (TPSA) is 64.9 Å². The fraction of sp³-hybridized carbons (Fsp3) is 0.143. The molecule has 0 aliphatic heterocycles. The fourth-order valence-electron chi connectivity index (χ4n) is 1.36. The monoisotopic (exact) mass is 295 g/mol. The van der Waals surface area contributed by atoms with Crippen LogP contribution in [0.4, 0.5) is 18.9 Å². The summed E-state index contributed by atoms with van der Waals surface area (Å²) >= 11 is 0. The second-order valence-electron chi connectivity index (χ2n) is 3.90. The Morgan fingerprint density at radius 3 is 2.71 bits per heavy atom. The summed E-state index contributed by atoms with van der Waals surface area (Å²) in [6, 6.07) is 5.82. The normalized spacial score (nSPS) is 11.4. The van der Waals surface area contributed by atoms with Crippen LogP contribution in [0, 0.1) is 11.3 Å². The van der Waals surface area contributed by atoms with E-state index in [4.69, 9.17) is 5.26 Å². The number of halogens is 3. The zero-order valence-electron chi connectivity index (χ0n) is 10.9. The Morgan fingerprint density at radius 2 is 2.14 bits per heavy atom. The highest BCUT2D eigenvalue weighted by Gasteiger charge is 2.30. The molecule has 1 rings (SSSR count). The Morgan fingerprint density at radius 1 is 1.43 bits per heavy atom. The first-order valence-electron chi connectivity index (χ1n) is 5.81. The molecule has 0 aliphatic rings. The van der Waals surface area contributed by atoms with E-state index in [9.17, 15) is 18.0 Å². The van der Waals surface area contributed by atoms with Gasteiger partial charge in [0.05, 0.1) is 5.56 Å². The molecule has 1 aromatic rings. The van der Waals surface area contributed by atoms with Gasteiger partial charge in [-0.2, -0.15) is 18.4 Å². The molecule has 0 bridgehead atoms. The number of benzene rings is 1. The highest BCUT2D eigenvalue weighted by atomic mass is 19.4. The summed E-state index contributed by atoms with van der Waals surface area (Å²) in [4.78, 5) is 11.7. The molecule has 0 fully saturated rings. The first-order valence-corrected chi connectivity index (χ1v) is 5.81. The maximum Gasteiger partial charge on any atom is 0.416 e. The Bertz CT molecular complexity index is 600. The van der Waals surface area contributed by atoms with Crippen molar-refractivity contribution < 1.29 is 18.0 Å². The molecule has 0 aromatic heterocycles. The molecule has 2 N–H and O–H groups in total. The summed E-state index contributed by atoms with van der Waals surface area (Å²) in [5.41, 5.74) is -1.18. The molecular weight excluding hydrogens is 283 g/mol. The van der Waals surface area contributed by atoms with Gasteiger partial charge in [-0.05, 0) is 18.2 Å². The SMILES string of the molecule is C=CCN/C=C(/C#N)C(=O)Nc1cccc(C(F)(F)F)c1. The van der Waals surface area contributed by atoms with Crippen LogP contribution in [0.5, 0.6) is 0 Å². The highest BCUT2D eigenvalue weighted by Crippen LogP contribution is 2.30. The highest BCUT2D eigenvalue weighted by molar-refractivity contribution is 6.06. The van der Waals surface area contributed by atoms with E-state index in [1.165, 1.54) is 24.4 Å². The number of hydrogen-bond donors (Lipinski definition) is 2. The van der Waals surface area contributed by atoms with E-state index in [1.807, 2.05) is 0 Å². The van der Waals surface area contributed by atoms with Crippen LogP contribution in [0.3, 0.4) is 0 Å². The fourth-order valence-corrected chi connectivity index (χ4v) is 1.36. The van der Waals surface area contributed by atoms with E-state index < -0.39 is 17.6 Å². The van der Waals surface area contributed by atoms with E-state index in [0.717, 1.165) is 12.1 Å². The number of carbonyl (C=O) groups is 1. The summed E-state index contributed by atoms with van der Waals surface area (Å²) in [7, 11) is 0. The Kier molecular flexibility index (Phi) is 5.55. The molecule has 0 saturated carbocycles. The first-order chi connectivity index (χ1) is 9.88. The summed E-state index contributed by atoms with van der Waals surface area (Å²) in [6.07, 6.45) is -1.80. The molecule has 1 amide bonds. The van der Waals surface area contributed by atoms with Gasteiger partial charge in [0.25, 0.3) is 5.91 Å². The van der Waals surface area contributed by atoms with Crippen LogP contribution in [-0.4, -0.2) is 12.5 Å². The standard InChI is InChI=1S/C14H12F3N3O/c1-2-6-19-9-10(8-18)13(21)20-12-5-3-4-11(7-12)14(15,16)17/h2-5,7,9,19H,1,6H2,(H,20,21)/b10-9-. The van der Waals surface area contributed by atoms with Crippen molar-refractivity contribution in [3.63, 3.8) is 0 Å². The van der Waals surface area contributed by atoms with Gasteiger partial charge in [-0.15, -0.1) is 6.58 Å². The Balaban J connectivity index is 2.85. The Hall–Kier alpha value is -2.75. The minimum atomic E-state index is -4.50. The molecule has 0 radical (unpaired) electrons. The number of anilines is 1. The largest absolute Gasteiger partial charge is 0.416 e. The summed E-state index contributed by atoms with van der Waals surface area (Å²) in [5, 5.41) is 13.7. The molecule has 1 aromatic carbocycles. The van der Waals surface area contributed by atoms with Crippen LogP contribution in [-0.2, 0) is 11.0 Å². The zero-order valence-corrected chi connectivity index (χ0v) is 10.9. The number of carbonyl (C=O) groups excluding carboxylic acids is 1. The number of rotatable bonds is 5. The van der Waals surface area contributed by atoms with Crippen molar-refractivity contribution in [3.8, 4) is 6.07 Å². The first kappa shape index (κ1) is 16.3. The molecule has 4 nitrogen and oxygen atoms in total. The molecule has 0 aliphatic carbocycles. The van der Waals surface area contributed by atoms with E-state index in [2.05, 4.69) is 17.2 Å². The van der Waals surface area contributed by atoms with Crippen LogP contribution >= 0.6 is 0 Å². The summed E-state index contributed by atoms with van der Waals surface area (Å²) in [5.74, 6) is -0.798. The third-order valence-corrected chi connectivity index (χ3v) is 2.32. The van der Waals surface area contributed by atoms with Crippen LogP contribution < -0.4 is 10.6 Å². The van der Waals surface area contributed by atoms with Gasteiger partial charge < -0.3 is 10.6 Å². The van der Waals surface area contributed by atoms with E-state index in [-0.39, 0.29) is 11.3 Å². The maximum atomic E-state index is 12.5. The summed E-state index contributed by atoms with van der Waals surface area (Å²) < 4.78 is 37.6. The van der Waals surface area contributed by atoms with Crippen LogP contribution in [0.25, 0.3) is 0 Å². The third kappa shape index (κ3) is 5.03. The van der Waals surface area contributed by atoms with Gasteiger partial charge in [0.2, 0.25) is 0 Å². The van der Waals surface area contributed by atoms with Crippen LogP contribution in [0.1, 0.15) is 5.56 Å². The lowest BCUT2D eigenvalue weighted by Gasteiger charge is -2.09. The lowest BCUT2D eigenvalue weighted by atomic mass is 10.2. The number of alkyl halides is 3. The van der Waals surface area contributed by atoms with E-state index in [1.54, 1.807) is 6.07 Å². The lowest BCUT2D eigenvalue weighted by molar-refractivity contribution is -0.137. The smallest absolute Gasteiger partial charge is 0.386 e. The van der Waals surface area contributed by atoms with Crippen molar-refractivity contribution in [2.45, 2.75) is 6.18 Å². The van der Waals surface area contributed by atoms with Gasteiger partial charge >= 0.3 is 6.18 Å². The van der Waals surface area contributed by atoms with E-state index >= 15 is 0 Å². The molecule has 7 heteroatoms. The predicted molar refractivity (Wildman–Crippen MR) is 72.0 cm³/mol. The predicted octanol–water partition coefficient (Wildman–Crippen LogP) is 2.83. The number of nitrogens with one attached hydrogen (secondary N) is 2. The average Bonchev–Trinajstić information content (AvgIpc) is 2.43. The van der Waals surface area contributed by atoms with Crippen LogP contribution in [0.15, 0.2) is 48.7 Å². The van der Waals surface area contributed by atoms with Crippen molar-refractivity contribution in [2.24, 2.45) is 0 Å². The summed E-state index contributed by atoms with van der Waals surface area (Å²) in [6.45, 7) is 3.80. The van der Waals surface area contributed by atoms with Gasteiger partial charge in [-0.25, -0.2) is 0 Å². The molecule has 110 valence electrons. The molecule has 0 saturated heterocycles. The maximum absolute atomic E-state index is 12.5. The van der Waals surface area contributed by atoms with Gasteiger partial charge in [0.15, 0.2) is 0 Å². The molecule has 0 atom stereocenters. The third-order valence-electron chi connectivity index (χ3n) is 2.32. The van der Waals surface area contributed by atoms with E-state index in [0.29, 0.717) is 6.54 Å². The van der Waals surface area contributed by atoms with Crippen molar-refractivity contribution in [1.29, 1.82) is 5.26 Å². The van der Waals surface area contributed by atoms with Gasteiger partial charge in [0, 0.05) is 18.4 Å². The lowest BCUT2D eigenvalue weighted by Crippen LogP contribution is -2.17. The van der Waals surface area contributed by atoms with Crippen molar-refractivity contribution in [3.05, 3.63) is 54.3 Å². The zero-order chi connectivity index (χ0) is 15.9. The van der Waals surface area contributed by atoms with Crippen molar-refractivity contribution in [1.82, 2.24) is 5.32 Å². The Labute approximate surface area is 119 Å². The molecule has 0 spiro atoms. The molecular formula is C14H12F3N3O. The average molecular weight is 295 g/mol. The molecule has 0 heterocycles. The van der Waals surface area contributed by atoms with Gasteiger partial charge in [-0.3, -0.25) is 4.79 Å². The number of amides is 1. The van der Waals surface area contributed by atoms with Crippen molar-refractivity contribution >= 4 is 11.6 Å². The second kappa shape index (κ2) is 7.14. The van der Waals surface area contributed by atoms with Crippen molar-refractivity contribution in [2.75, 3.05) is 11.9 Å². The number of nitriles is 1. The second-order valence-corrected chi connectivity index (χ2v) is 3.90. The molecule has 0 unspecified atom stereocenters. The number of hydrogen-bond acceptors (Lipinski definition) is 3. The van der Waals surface area contributed by atoms with Gasteiger partial charge in [0.1, 0.15) is 11.6 Å². The minimum absolute atomic E-state index is 0.0419. The van der Waals surface area contributed by atoms with Gasteiger partial charge in [-0.1, -0.05) is 12.1 Å². The molecule has 21 heavy (non-hydrogen) atoms. The quantitative estimate of drug-likeness (QED) is 0.380. The minimum Gasteiger partial charge on any atom is -0.386 e. The number of nitrogens with zero attached hydrogens (tertiary/aromatic N) is 1. The van der Waals surface area contributed by atoms with Crippen LogP contribution in [0.2, 0.25) is 0 Å².